The third-order valence-corrected chi connectivity index (χ3v) is 3.76. The van der Waals surface area contributed by atoms with Gasteiger partial charge in [0.2, 0.25) is 5.91 Å². The Morgan fingerprint density at radius 1 is 1.39 bits per heavy atom. The standard InChI is InChI=1S/C14H15FN2O/c15-8-5-6-12-11(7-8)9-3-1-2-4-10(14(16)18)13(9)17-12/h5-7,10,17H,1-4H2,(H2,16,18)/t10-/m1/s1. The number of aromatic amines is 1. The summed E-state index contributed by atoms with van der Waals surface area (Å²) in [6.07, 6.45) is 3.65. The number of primary amides is 1. The van der Waals surface area contributed by atoms with Crippen LogP contribution in [0.15, 0.2) is 18.2 Å². The van der Waals surface area contributed by atoms with E-state index >= 15 is 0 Å². The summed E-state index contributed by atoms with van der Waals surface area (Å²) in [6, 6.07) is 4.68. The van der Waals surface area contributed by atoms with Crippen molar-refractivity contribution in [3.63, 3.8) is 0 Å². The summed E-state index contributed by atoms with van der Waals surface area (Å²) in [6.45, 7) is 0. The number of hydrogen-bond donors (Lipinski definition) is 2. The van der Waals surface area contributed by atoms with E-state index in [0.29, 0.717) is 0 Å². The largest absolute Gasteiger partial charge is 0.369 e. The first-order valence-corrected chi connectivity index (χ1v) is 6.26. The third kappa shape index (κ3) is 1.68. The van der Waals surface area contributed by atoms with Gasteiger partial charge in [0.25, 0.3) is 0 Å². The summed E-state index contributed by atoms with van der Waals surface area (Å²) in [5.74, 6) is -0.813. The van der Waals surface area contributed by atoms with Crippen molar-refractivity contribution in [3.05, 3.63) is 35.3 Å². The quantitative estimate of drug-likeness (QED) is 0.746. The molecular formula is C14H15FN2O. The fraction of sp³-hybridized carbons (Fsp3) is 0.357. The predicted molar refractivity (Wildman–Crippen MR) is 67.7 cm³/mol. The van der Waals surface area contributed by atoms with Crippen molar-refractivity contribution < 1.29 is 9.18 Å². The number of rotatable bonds is 1. The van der Waals surface area contributed by atoms with Crippen molar-refractivity contribution in [1.82, 2.24) is 4.98 Å². The first-order valence-electron chi connectivity index (χ1n) is 6.26. The van der Waals surface area contributed by atoms with Gasteiger partial charge in [0.05, 0.1) is 5.92 Å². The number of aromatic nitrogens is 1. The van der Waals surface area contributed by atoms with Gasteiger partial charge in [-0.1, -0.05) is 6.42 Å². The molecule has 4 heteroatoms. The molecule has 0 unspecified atom stereocenters. The summed E-state index contributed by atoms with van der Waals surface area (Å²) < 4.78 is 13.3. The Hall–Kier alpha value is -1.84. The van der Waals surface area contributed by atoms with Crippen molar-refractivity contribution in [2.75, 3.05) is 0 Å². The number of fused-ring (bicyclic) bond motifs is 3. The van der Waals surface area contributed by atoms with Gasteiger partial charge in [-0.05, 0) is 43.0 Å². The zero-order valence-electron chi connectivity index (χ0n) is 10.0. The fourth-order valence-corrected chi connectivity index (χ4v) is 2.89. The van der Waals surface area contributed by atoms with Crippen LogP contribution >= 0.6 is 0 Å². The Labute approximate surface area is 104 Å². The molecular weight excluding hydrogens is 231 g/mol. The number of halogens is 1. The number of hydrogen-bond acceptors (Lipinski definition) is 1. The van der Waals surface area contributed by atoms with E-state index in [0.717, 1.165) is 47.8 Å². The second-order valence-electron chi connectivity index (χ2n) is 4.91. The maximum Gasteiger partial charge on any atom is 0.226 e. The fourth-order valence-electron chi connectivity index (χ4n) is 2.89. The molecule has 1 aromatic carbocycles. The Kier molecular flexibility index (Phi) is 2.58. The van der Waals surface area contributed by atoms with E-state index in [4.69, 9.17) is 5.73 Å². The SMILES string of the molecule is NC(=O)[C@@H]1CCCCc2c1[nH]c1ccc(F)cc21. The van der Waals surface area contributed by atoms with Crippen LogP contribution in [0, 0.1) is 5.82 Å². The predicted octanol–water partition coefficient (Wildman–Crippen LogP) is 2.60. The van der Waals surface area contributed by atoms with E-state index in [1.54, 1.807) is 6.07 Å². The molecule has 1 aliphatic carbocycles. The van der Waals surface area contributed by atoms with Gasteiger partial charge in [-0.3, -0.25) is 4.79 Å². The van der Waals surface area contributed by atoms with Crippen molar-refractivity contribution in [3.8, 4) is 0 Å². The number of carbonyl (C=O) groups is 1. The van der Waals surface area contributed by atoms with Gasteiger partial charge in [0.1, 0.15) is 5.82 Å². The number of amides is 1. The van der Waals surface area contributed by atoms with Crippen molar-refractivity contribution >= 4 is 16.8 Å². The molecule has 3 rings (SSSR count). The Morgan fingerprint density at radius 2 is 2.22 bits per heavy atom. The van der Waals surface area contributed by atoms with Crippen LogP contribution in [-0.4, -0.2) is 10.9 Å². The molecule has 1 aliphatic rings. The van der Waals surface area contributed by atoms with Crippen LogP contribution in [0.5, 0.6) is 0 Å². The third-order valence-electron chi connectivity index (χ3n) is 3.76. The number of benzene rings is 1. The van der Waals surface area contributed by atoms with Gasteiger partial charge >= 0.3 is 0 Å². The molecule has 1 amide bonds. The molecule has 0 spiro atoms. The molecule has 94 valence electrons. The van der Waals surface area contributed by atoms with E-state index in [2.05, 4.69) is 4.98 Å². The highest BCUT2D eigenvalue weighted by atomic mass is 19.1. The molecule has 0 saturated heterocycles. The van der Waals surface area contributed by atoms with E-state index in [1.807, 2.05) is 0 Å². The normalized spacial score (nSPS) is 19.5. The van der Waals surface area contributed by atoms with E-state index < -0.39 is 0 Å². The highest BCUT2D eigenvalue weighted by Gasteiger charge is 2.26. The summed E-state index contributed by atoms with van der Waals surface area (Å²) >= 11 is 0. The lowest BCUT2D eigenvalue weighted by atomic mass is 9.98. The lowest BCUT2D eigenvalue weighted by Crippen LogP contribution is -2.21. The number of aryl methyl sites for hydroxylation is 1. The molecule has 0 fully saturated rings. The molecule has 1 aromatic heterocycles. The van der Waals surface area contributed by atoms with Gasteiger partial charge in [0, 0.05) is 16.6 Å². The molecule has 0 saturated carbocycles. The molecule has 1 heterocycles. The minimum atomic E-state index is -0.301. The lowest BCUT2D eigenvalue weighted by Gasteiger charge is -2.09. The van der Waals surface area contributed by atoms with Crippen molar-refractivity contribution in [1.29, 1.82) is 0 Å². The maximum absolute atomic E-state index is 13.3. The number of H-pyrrole nitrogens is 1. The molecule has 0 radical (unpaired) electrons. The molecule has 3 nitrogen and oxygen atoms in total. The summed E-state index contributed by atoms with van der Waals surface area (Å²) in [5.41, 5.74) is 8.30. The molecule has 3 N–H and O–H groups in total. The van der Waals surface area contributed by atoms with E-state index in [-0.39, 0.29) is 17.6 Å². The van der Waals surface area contributed by atoms with E-state index in [9.17, 15) is 9.18 Å². The Morgan fingerprint density at radius 3 is 3.00 bits per heavy atom. The highest BCUT2D eigenvalue weighted by molar-refractivity contribution is 5.89. The zero-order chi connectivity index (χ0) is 12.7. The molecule has 0 bridgehead atoms. The van der Waals surface area contributed by atoms with Gasteiger partial charge in [-0.15, -0.1) is 0 Å². The van der Waals surface area contributed by atoms with Crippen LogP contribution in [0.4, 0.5) is 4.39 Å². The number of carbonyl (C=O) groups excluding carboxylic acids is 1. The van der Waals surface area contributed by atoms with Crippen LogP contribution in [-0.2, 0) is 11.2 Å². The topological polar surface area (TPSA) is 58.9 Å². The molecule has 0 aliphatic heterocycles. The maximum atomic E-state index is 13.3. The van der Waals surface area contributed by atoms with Crippen molar-refractivity contribution in [2.45, 2.75) is 31.6 Å². The van der Waals surface area contributed by atoms with Crippen LogP contribution < -0.4 is 5.73 Å². The van der Waals surface area contributed by atoms with Gasteiger partial charge in [0.15, 0.2) is 0 Å². The van der Waals surface area contributed by atoms with Gasteiger partial charge < -0.3 is 10.7 Å². The monoisotopic (exact) mass is 246 g/mol. The Balaban J connectivity index is 2.24. The van der Waals surface area contributed by atoms with Gasteiger partial charge in [-0.2, -0.15) is 0 Å². The highest BCUT2D eigenvalue weighted by Crippen LogP contribution is 2.34. The second-order valence-corrected chi connectivity index (χ2v) is 4.91. The molecule has 1 atom stereocenters. The summed E-state index contributed by atoms with van der Waals surface area (Å²) in [7, 11) is 0. The summed E-state index contributed by atoms with van der Waals surface area (Å²) in [5, 5.41) is 0.887. The second kappa shape index (κ2) is 4.12. The number of nitrogens with one attached hydrogen (secondary N) is 1. The van der Waals surface area contributed by atoms with Gasteiger partial charge in [-0.25, -0.2) is 4.39 Å². The van der Waals surface area contributed by atoms with Crippen LogP contribution in [0.2, 0.25) is 0 Å². The first-order chi connectivity index (χ1) is 8.66. The average molecular weight is 246 g/mol. The van der Waals surface area contributed by atoms with Crippen LogP contribution in [0.1, 0.15) is 36.4 Å². The molecule has 18 heavy (non-hydrogen) atoms. The van der Waals surface area contributed by atoms with Crippen LogP contribution in [0.25, 0.3) is 10.9 Å². The number of nitrogens with two attached hydrogens (primary N) is 1. The Bertz CT molecular complexity index is 618. The average Bonchev–Trinajstić information content (AvgIpc) is 2.55. The zero-order valence-corrected chi connectivity index (χ0v) is 10.0. The summed E-state index contributed by atoms with van der Waals surface area (Å²) in [4.78, 5) is 14.8. The smallest absolute Gasteiger partial charge is 0.226 e. The first kappa shape index (κ1) is 11.3. The minimum Gasteiger partial charge on any atom is -0.369 e. The van der Waals surface area contributed by atoms with Crippen LogP contribution in [0.3, 0.4) is 0 Å². The molecule has 2 aromatic rings. The van der Waals surface area contributed by atoms with E-state index in [1.165, 1.54) is 12.1 Å². The van der Waals surface area contributed by atoms with Crippen molar-refractivity contribution in [2.24, 2.45) is 5.73 Å². The lowest BCUT2D eigenvalue weighted by molar-refractivity contribution is -0.119. The minimum absolute atomic E-state index is 0.246.